The van der Waals surface area contributed by atoms with Crippen molar-refractivity contribution in [3.05, 3.63) is 40.3 Å². The third kappa shape index (κ3) is 4.97. The zero-order chi connectivity index (χ0) is 14.3. The number of benzene rings is 1. The Morgan fingerprint density at radius 3 is 2.53 bits per heavy atom. The molecule has 1 amide bonds. The second kappa shape index (κ2) is 6.87. The number of carboxylic acid groups (broad SMARTS) is 1. The van der Waals surface area contributed by atoms with Crippen molar-refractivity contribution in [2.45, 2.75) is 12.5 Å². The summed E-state index contributed by atoms with van der Waals surface area (Å²) in [5.41, 5.74) is 8.71. The summed E-state index contributed by atoms with van der Waals surface area (Å²) >= 11 is 0. The molecule has 1 unspecified atom stereocenters. The van der Waals surface area contributed by atoms with Crippen LogP contribution in [0.15, 0.2) is 29.4 Å². The van der Waals surface area contributed by atoms with E-state index in [1.54, 1.807) is 12.1 Å². The van der Waals surface area contributed by atoms with E-state index in [0.717, 1.165) is 0 Å². The van der Waals surface area contributed by atoms with E-state index in [1.807, 2.05) is 0 Å². The Bertz CT molecular complexity index is 508. The molecule has 0 bridgehead atoms. The molecular formula is C11H12N4O4. The minimum atomic E-state index is -1.19. The maximum Gasteiger partial charge on any atom is 0.326 e. The molecule has 0 radical (unpaired) electrons. The van der Waals surface area contributed by atoms with Crippen LogP contribution in [0, 0.1) is 0 Å². The molecule has 0 saturated carbocycles. The Morgan fingerprint density at radius 2 is 2.00 bits per heavy atom. The Balaban J connectivity index is 2.67. The molecule has 0 aliphatic rings. The molecule has 1 aromatic rings. The predicted octanol–water partition coefficient (Wildman–Crippen LogP) is 0.814. The lowest BCUT2D eigenvalue weighted by Gasteiger charge is -2.13. The topological polar surface area (TPSA) is 135 Å². The number of aliphatic carboxylic acids is 1. The summed E-state index contributed by atoms with van der Waals surface area (Å²) in [6.07, 6.45) is 0.0671. The fourth-order valence-electron chi connectivity index (χ4n) is 1.40. The maximum absolute atomic E-state index is 11.3. The Morgan fingerprint density at radius 1 is 1.37 bits per heavy atom. The largest absolute Gasteiger partial charge is 0.508 e. The number of hydrogen-bond donors (Lipinski definition) is 3. The molecule has 100 valence electrons. The molecule has 19 heavy (non-hydrogen) atoms. The number of aromatic hydroxyl groups is 1. The molecule has 0 heterocycles. The van der Waals surface area contributed by atoms with Gasteiger partial charge in [0.2, 0.25) is 5.91 Å². The van der Waals surface area contributed by atoms with E-state index in [-0.39, 0.29) is 12.2 Å². The number of carbonyl (C=O) groups is 2. The van der Waals surface area contributed by atoms with Gasteiger partial charge in [-0.2, -0.15) is 0 Å². The highest BCUT2D eigenvalue weighted by Crippen LogP contribution is 2.11. The van der Waals surface area contributed by atoms with E-state index < -0.39 is 24.5 Å². The molecule has 0 aliphatic heterocycles. The molecule has 0 fully saturated rings. The Labute approximate surface area is 108 Å². The lowest BCUT2D eigenvalue weighted by molar-refractivity contribution is -0.141. The number of amides is 1. The number of phenols is 1. The van der Waals surface area contributed by atoms with E-state index in [0.29, 0.717) is 5.56 Å². The summed E-state index contributed by atoms with van der Waals surface area (Å²) in [6.45, 7) is -0.449. The van der Waals surface area contributed by atoms with Crippen molar-refractivity contribution >= 4 is 11.9 Å². The predicted molar refractivity (Wildman–Crippen MR) is 65.4 cm³/mol. The number of azide groups is 1. The molecular weight excluding hydrogens is 252 g/mol. The number of carboxylic acids is 1. The van der Waals surface area contributed by atoms with E-state index in [1.165, 1.54) is 12.1 Å². The number of nitrogens with one attached hydrogen (secondary N) is 1. The van der Waals surface area contributed by atoms with Crippen LogP contribution in [-0.2, 0) is 16.0 Å². The van der Waals surface area contributed by atoms with Crippen molar-refractivity contribution in [3.63, 3.8) is 0 Å². The normalized spacial score (nSPS) is 11.2. The third-order valence-electron chi connectivity index (χ3n) is 2.29. The summed E-state index contributed by atoms with van der Waals surface area (Å²) in [6, 6.07) is 4.85. The van der Waals surface area contributed by atoms with Gasteiger partial charge < -0.3 is 15.5 Å². The van der Waals surface area contributed by atoms with Gasteiger partial charge in [-0.15, -0.1) is 0 Å². The van der Waals surface area contributed by atoms with Gasteiger partial charge in [-0.3, -0.25) is 4.79 Å². The first-order chi connectivity index (χ1) is 9.02. The van der Waals surface area contributed by atoms with E-state index in [9.17, 15) is 9.59 Å². The number of hydrogen-bond acceptors (Lipinski definition) is 4. The van der Waals surface area contributed by atoms with Crippen LogP contribution in [-0.4, -0.2) is 34.7 Å². The van der Waals surface area contributed by atoms with Gasteiger partial charge in [-0.1, -0.05) is 17.2 Å². The van der Waals surface area contributed by atoms with Gasteiger partial charge in [0, 0.05) is 11.3 Å². The average molecular weight is 264 g/mol. The smallest absolute Gasteiger partial charge is 0.326 e. The highest BCUT2D eigenvalue weighted by atomic mass is 16.4. The van der Waals surface area contributed by atoms with Crippen LogP contribution in [0.25, 0.3) is 10.4 Å². The third-order valence-corrected chi connectivity index (χ3v) is 2.29. The van der Waals surface area contributed by atoms with E-state index in [4.69, 9.17) is 15.7 Å². The van der Waals surface area contributed by atoms with Crippen molar-refractivity contribution < 1.29 is 19.8 Å². The summed E-state index contributed by atoms with van der Waals surface area (Å²) in [5, 5.41) is 23.4. The molecule has 0 aliphatic carbocycles. The zero-order valence-corrected chi connectivity index (χ0v) is 9.85. The van der Waals surface area contributed by atoms with Crippen molar-refractivity contribution in [2.24, 2.45) is 5.11 Å². The van der Waals surface area contributed by atoms with Gasteiger partial charge in [-0.05, 0) is 23.2 Å². The fourth-order valence-corrected chi connectivity index (χ4v) is 1.40. The summed E-state index contributed by atoms with van der Waals surface area (Å²) < 4.78 is 0. The number of carbonyl (C=O) groups excluding carboxylic acids is 1. The molecule has 1 rings (SSSR count). The second-order valence-corrected chi connectivity index (χ2v) is 3.72. The van der Waals surface area contributed by atoms with Crippen molar-refractivity contribution in [3.8, 4) is 5.75 Å². The molecule has 1 atom stereocenters. The molecule has 0 saturated heterocycles. The van der Waals surface area contributed by atoms with Gasteiger partial charge in [-0.25, -0.2) is 4.79 Å². The minimum Gasteiger partial charge on any atom is -0.508 e. The van der Waals surface area contributed by atoms with Crippen molar-refractivity contribution in [1.29, 1.82) is 0 Å². The molecule has 0 spiro atoms. The molecule has 3 N–H and O–H groups in total. The maximum atomic E-state index is 11.3. The van der Waals surface area contributed by atoms with Gasteiger partial charge in [0.25, 0.3) is 0 Å². The van der Waals surface area contributed by atoms with Crippen LogP contribution in [0.3, 0.4) is 0 Å². The SMILES string of the molecule is [N-]=[N+]=NCC(=O)NC(Cc1ccc(O)cc1)C(=O)O. The van der Waals surface area contributed by atoms with Crippen molar-refractivity contribution in [2.75, 3.05) is 6.54 Å². The summed E-state index contributed by atoms with van der Waals surface area (Å²) in [5.74, 6) is -1.78. The molecule has 8 heteroatoms. The number of phenolic OH excluding ortho intramolecular Hbond substituents is 1. The summed E-state index contributed by atoms with van der Waals surface area (Å²) in [4.78, 5) is 24.7. The molecule has 0 aromatic heterocycles. The van der Waals surface area contributed by atoms with Crippen LogP contribution in [0.2, 0.25) is 0 Å². The first kappa shape index (κ1) is 14.3. The van der Waals surface area contributed by atoms with E-state index in [2.05, 4.69) is 15.3 Å². The zero-order valence-electron chi connectivity index (χ0n) is 9.85. The lowest BCUT2D eigenvalue weighted by atomic mass is 10.1. The monoisotopic (exact) mass is 264 g/mol. The highest BCUT2D eigenvalue weighted by molar-refractivity contribution is 5.84. The number of nitrogens with zero attached hydrogens (tertiary/aromatic N) is 3. The van der Waals surface area contributed by atoms with Crippen LogP contribution in [0.4, 0.5) is 0 Å². The molecule has 8 nitrogen and oxygen atoms in total. The number of rotatable bonds is 6. The van der Waals surface area contributed by atoms with Crippen molar-refractivity contribution in [1.82, 2.24) is 5.32 Å². The fraction of sp³-hybridized carbons (Fsp3) is 0.273. The van der Waals surface area contributed by atoms with E-state index >= 15 is 0 Å². The van der Waals surface area contributed by atoms with Gasteiger partial charge in [0.1, 0.15) is 18.3 Å². The van der Waals surface area contributed by atoms with Gasteiger partial charge in [0.05, 0.1) is 0 Å². The lowest BCUT2D eigenvalue weighted by Crippen LogP contribution is -2.43. The standard InChI is InChI=1S/C11H12N4O4/c12-15-13-6-10(17)14-9(11(18)19)5-7-1-3-8(16)4-2-7/h1-4,9,16H,5-6H2,(H,14,17)(H,18,19). The highest BCUT2D eigenvalue weighted by Gasteiger charge is 2.19. The second-order valence-electron chi connectivity index (χ2n) is 3.72. The average Bonchev–Trinajstić information content (AvgIpc) is 2.38. The van der Waals surface area contributed by atoms with Crippen LogP contribution < -0.4 is 5.32 Å². The first-order valence-corrected chi connectivity index (χ1v) is 5.34. The summed E-state index contributed by atoms with van der Waals surface area (Å²) in [7, 11) is 0. The minimum absolute atomic E-state index is 0.0671. The quantitative estimate of drug-likeness (QED) is 0.398. The first-order valence-electron chi connectivity index (χ1n) is 5.34. The Hall–Kier alpha value is -2.73. The van der Waals surface area contributed by atoms with Crippen LogP contribution in [0.1, 0.15) is 5.56 Å². The molecule has 1 aromatic carbocycles. The van der Waals surface area contributed by atoms with Crippen LogP contribution >= 0.6 is 0 Å². The van der Waals surface area contributed by atoms with Gasteiger partial charge in [0.15, 0.2) is 0 Å². The Kier molecular flexibility index (Phi) is 5.18. The van der Waals surface area contributed by atoms with Crippen LogP contribution in [0.5, 0.6) is 5.75 Å². The van der Waals surface area contributed by atoms with Gasteiger partial charge >= 0.3 is 5.97 Å².